The van der Waals surface area contributed by atoms with Crippen LogP contribution in [-0.4, -0.2) is 24.3 Å². The van der Waals surface area contributed by atoms with Gasteiger partial charge in [-0.25, -0.2) is 0 Å². The molecule has 0 spiro atoms. The predicted molar refractivity (Wildman–Crippen MR) is 39.3 cm³/mol. The van der Waals surface area contributed by atoms with E-state index in [-0.39, 0.29) is 18.0 Å². The molecule has 0 unspecified atom stereocenters. The van der Waals surface area contributed by atoms with Crippen molar-refractivity contribution in [1.29, 1.82) is 0 Å². The lowest BCUT2D eigenvalue weighted by molar-refractivity contribution is -0.117. The summed E-state index contributed by atoms with van der Waals surface area (Å²) in [5, 5.41) is 0. The molecule has 0 amide bonds. The molecule has 3 heteroatoms. The molecule has 0 saturated carbocycles. The number of nitrogens with zero attached hydrogens (tertiary/aromatic N) is 1. The molecule has 0 aliphatic carbocycles. The summed E-state index contributed by atoms with van der Waals surface area (Å²) in [6, 6.07) is 0. The summed E-state index contributed by atoms with van der Waals surface area (Å²) in [6.45, 7) is 2.85. The number of Topliss-reactive ketones (excluding diaryl/α,β-unsaturated/α-hetero) is 2. The molecule has 56 valence electrons. The monoisotopic (exact) mass is 141 g/mol. The van der Waals surface area contributed by atoms with Crippen LogP contribution in [0.25, 0.3) is 0 Å². The highest BCUT2D eigenvalue weighted by Crippen LogP contribution is 1.89. The Morgan fingerprint density at radius 2 is 1.80 bits per heavy atom. The first-order chi connectivity index (χ1) is 4.57. The fraction of sp³-hybridized carbons (Fsp3) is 0.571. The van der Waals surface area contributed by atoms with E-state index in [9.17, 15) is 9.59 Å². The molecule has 0 N–H and O–H groups in total. The molecule has 0 radical (unpaired) electrons. The van der Waals surface area contributed by atoms with Crippen molar-refractivity contribution in [2.75, 3.05) is 7.05 Å². The van der Waals surface area contributed by atoms with Gasteiger partial charge in [0.2, 0.25) is 0 Å². The van der Waals surface area contributed by atoms with Crippen LogP contribution in [0.1, 0.15) is 20.3 Å². The highest BCUT2D eigenvalue weighted by atomic mass is 16.1. The van der Waals surface area contributed by atoms with Gasteiger partial charge >= 0.3 is 0 Å². The van der Waals surface area contributed by atoms with Crippen molar-refractivity contribution < 1.29 is 9.59 Å². The first-order valence-corrected chi connectivity index (χ1v) is 3.04. The largest absolute Gasteiger partial charge is 0.300 e. The Balaban J connectivity index is 4.12. The van der Waals surface area contributed by atoms with E-state index in [1.54, 1.807) is 0 Å². The van der Waals surface area contributed by atoms with E-state index < -0.39 is 0 Å². The maximum Gasteiger partial charge on any atom is 0.173 e. The van der Waals surface area contributed by atoms with Gasteiger partial charge in [-0.3, -0.25) is 14.6 Å². The molecule has 3 nitrogen and oxygen atoms in total. The third kappa shape index (κ3) is 3.12. The Labute approximate surface area is 60.1 Å². The zero-order chi connectivity index (χ0) is 8.15. The molecule has 10 heavy (non-hydrogen) atoms. The van der Waals surface area contributed by atoms with Crippen molar-refractivity contribution >= 4 is 17.3 Å². The molecule has 0 aromatic rings. The summed E-state index contributed by atoms with van der Waals surface area (Å²) in [7, 11) is 1.51. The second-order valence-corrected chi connectivity index (χ2v) is 2.11. The van der Waals surface area contributed by atoms with Gasteiger partial charge in [-0.15, -0.1) is 0 Å². The highest BCUT2D eigenvalue weighted by Gasteiger charge is 2.06. The van der Waals surface area contributed by atoms with Gasteiger partial charge in [0, 0.05) is 14.0 Å². The molecule has 0 aliphatic rings. The number of carbonyl (C=O) groups excluding carboxylic acids is 2. The average molecular weight is 141 g/mol. The van der Waals surface area contributed by atoms with E-state index in [1.807, 2.05) is 0 Å². The molecule has 0 bridgehead atoms. The number of hydrogen-bond donors (Lipinski definition) is 0. The average Bonchev–Trinajstić information content (AvgIpc) is 1.81. The first kappa shape index (κ1) is 9.01. The summed E-state index contributed by atoms with van der Waals surface area (Å²) in [5.41, 5.74) is 0.354. The molecule has 0 aromatic carbocycles. The van der Waals surface area contributed by atoms with Crippen molar-refractivity contribution in [3.05, 3.63) is 0 Å². The smallest absolute Gasteiger partial charge is 0.173 e. The SMILES string of the molecule is CN=C(CC(C)=O)C(C)=O. The minimum Gasteiger partial charge on any atom is -0.300 e. The Kier molecular flexibility index (Phi) is 3.54. The van der Waals surface area contributed by atoms with Gasteiger partial charge in [0.1, 0.15) is 5.78 Å². The minimum absolute atomic E-state index is 0.0317. The Hall–Kier alpha value is -0.990. The molecule has 0 rings (SSSR count). The van der Waals surface area contributed by atoms with Gasteiger partial charge < -0.3 is 0 Å². The lowest BCUT2D eigenvalue weighted by Crippen LogP contribution is -2.13. The maximum absolute atomic E-state index is 10.6. The van der Waals surface area contributed by atoms with Crippen LogP contribution in [0.5, 0.6) is 0 Å². The van der Waals surface area contributed by atoms with Crippen molar-refractivity contribution in [3.63, 3.8) is 0 Å². The maximum atomic E-state index is 10.6. The zero-order valence-corrected chi connectivity index (χ0v) is 6.47. The van der Waals surface area contributed by atoms with Crippen LogP contribution in [0.2, 0.25) is 0 Å². The standard InChI is InChI=1S/C7H11NO2/c1-5(9)4-7(8-3)6(2)10/h4H2,1-3H3. The summed E-state index contributed by atoms with van der Waals surface area (Å²) in [6.07, 6.45) is 0.159. The molecule has 0 saturated heterocycles. The Bertz CT molecular complexity index is 182. The van der Waals surface area contributed by atoms with E-state index in [4.69, 9.17) is 0 Å². The fourth-order valence-corrected chi connectivity index (χ4v) is 0.597. The normalized spacial score (nSPS) is 11.3. The third-order valence-electron chi connectivity index (χ3n) is 1.09. The van der Waals surface area contributed by atoms with Crippen LogP contribution in [0.3, 0.4) is 0 Å². The summed E-state index contributed by atoms with van der Waals surface area (Å²) < 4.78 is 0. The van der Waals surface area contributed by atoms with Gasteiger partial charge in [-0.2, -0.15) is 0 Å². The van der Waals surface area contributed by atoms with Crippen molar-refractivity contribution in [2.24, 2.45) is 4.99 Å². The van der Waals surface area contributed by atoms with Gasteiger partial charge in [-0.05, 0) is 6.92 Å². The molecule has 0 heterocycles. The second kappa shape index (κ2) is 3.93. The third-order valence-corrected chi connectivity index (χ3v) is 1.09. The van der Waals surface area contributed by atoms with Crippen molar-refractivity contribution in [2.45, 2.75) is 20.3 Å². The number of aliphatic imine (C=N–C) groups is 1. The minimum atomic E-state index is -0.127. The number of ketones is 2. The number of carbonyl (C=O) groups is 2. The summed E-state index contributed by atoms with van der Waals surface area (Å²) >= 11 is 0. The molecule has 0 aliphatic heterocycles. The van der Waals surface area contributed by atoms with E-state index in [2.05, 4.69) is 4.99 Å². The Morgan fingerprint density at radius 3 is 1.90 bits per heavy atom. The summed E-state index contributed by atoms with van der Waals surface area (Å²) in [4.78, 5) is 24.8. The van der Waals surface area contributed by atoms with E-state index in [1.165, 1.54) is 20.9 Å². The second-order valence-electron chi connectivity index (χ2n) is 2.11. The molecular weight excluding hydrogens is 130 g/mol. The number of rotatable bonds is 3. The summed E-state index contributed by atoms with van der Waals surface area (Å²) in [5.74, 6) is -0.159. The topological polar surface area (TPSA) is 46.5 Å². The van der Waals surface area contributed by atoms with Gasteiger partial charge in [0.05, 0.1) is 12.1 Å². The van der Waals surface area contributed by atoms with Crippen LogP contribution in [0.4, 0.5) is 0 Å². The van der Waals surface area contributed by atoms with Gasteiger partial charge in [-0.1, -0.05) is 0 Å². The van der Waals surface area contributed by atoms with Crippen molar-refractivity contribution in [3.8, 4) is 0 Å². The van der Waals surface area contributed by atoms with Gasteiger partial charge in [0.15, 0.2) is 5.78 Å². The Morgan fingerprint density at radius 1 is 1.30 bits per heavy atom. The van der Waals surface area contributed by atoms with Crippen LogP contribution >= 0.6 is 0 Å². The van der Waals surface area contributed by atoms with Crippen LogP contribution < -0.4 is 0 Å². The molecule has 0 aromatic heterocycles. The quantitative estimate of drug-likeness (QED) is 0.541. The lowest BCUT2D eigenvalue weighted by Gasteiger charge is -1.95. The van der Waals surface area contributed by atoms with E-state index >= 15 is 0 Å². The zero-order valence-electron chi connectivity index (χ0n) is 6.47. The first-order valence-electron chi connectivity index (χ1n) is 3.04. The van der Waals surface area contributed by atoms with Crippen LogP contribution in [0, 0.1) is 0 Å². The molecular formula is C7H11NO2. The molecule has 0 atom stereocenters. The van der Waals surface area contributed by atoms with Crippen LogP contribution in [0.15, 0.2) is 4.99 Å². The number of hydrogen-bond acceptors (Lipinski definition) is 3. The molecule has 0 fully saturated rings. The highest BCUT2D eigenvalue weighted by molar-refractivity contribution is 6.41. The van der Waals surface area contributed by atoms with Crippen LogP contribution in [-0.2, 0) is 9.59 Å². The van der Waals surface area contributed by atoms with E-state index in [0.717, 1.165) is 0 Å². The van der Waals surface area contributed by atoms with E-state index in [0.29, 0.717) is 5.71 Å². The van der Waals surface area contributed by atoms with Gasteiger partial charge in [0.25, 0.3) is 0 Å². The van der Waals surface area contributed by atoms with Crippen molar-refractivity contribution in [1.82, 2.24) is 0 Å². The fourth-order valence-electron chi connectivity index (χ4n) is 0.597. The lowest BCUT2D eigenvalue weighted by atomic mass is 10.1. The predicted octanol–water partition coefficient (Wildman–Crippen LogP) is 0.625.